The lowest BCUT2D eigenvalue weighted by Crippen LogP contribution is -2.27. The number of rotatable bonds is 2. The van der Waals surface area contributed by atoms with E-state index in [9.17, 15) is 4.79 Å². The fraction of sp³-hybridized carbons (Fsp3) is 0.400. The van der Waals surface area contributed by atoms with Crippen LogP contribution in [0.5, 0.6) is 0 Å². The molecular formula is C10H14N4O. The Morgan fingerprint density at radius 3 is 3.00 bits per heavy atom. The number of amides is 1. The van der Waals surface area contributed by atoms with E-state index in [1.54, 1.807) is 18.3 Å². The number of hydrogen-bond acceptors (Lipinski definition) is 4. The summed E-state index contributed by atoms with van der Waals surface area (Å²) in [5.74, 6) is 0.349. The van der Waals surface area contributed by atoms with E-state index in [-0.39, 0.29) is 6.04 Å². The van der Waals surface area contributed by atoms with E-state index in [1.807, 2.05) is 0 Å². The molecule has 0 aromatic carbocycles. The molecule has 1 aliphatic heterocycles. The zero-order chi connectivity index (χ0) is 10.8. The van der Waals surface area contributed by atoms with Gasteiger partial charge in [-0.3, -0.25) is 4.79 Å². The van der Waals surface area contributed by atoms with Crippen molar-refractivity contribution in [2.24, 2.45) is 11.5 Å². The summed E-state index contributed by atoms with van der Waals surface area (Å²) in [7, 11) is 0. The number of pyridine rings is 1. The predicted octanol–water partition coefficient (Wildman–Crippen LogP) is -0.282. The van der Waals surface area contributed by atoms with E-state index in [4.69, 9.17) is 11.5 Å². The minimum atomic E-state index is -0.429. The standard InChI is InChI=1S/C10H14N4O/c11-8-2-4-14(6-8)9-5-7(10(12)15)1-3-13-9/h1,3,5,8H,2,4,6,11H2,(H2,12,15). The molecule has 2 rings (SSSR count). The monoisotopic (exact) mass is 206 g/mol. The van der Waals surface area contributed by atoms with E-state index in [0.29, 0.717) is 5.56 Å². The molecule has 5 heteroatoms. The molecule has 4 N–H and O–H groups in total. The number of anilines is 1. The molecule has 1 unspecified atom stereocenters. The lowest BCUT2D eigenvalue weighted by atomic mass is 10.2. The summed E-state index contributed by atoms with van der Waals surface area (Å²) >= 11 is 0. The normalized spacial score (nSPS) is 20.6. The number of hydrogen-bond donors (Lipinski definition) is 2. The van der Waals surface area contributed by atoms with Crippen LogP contribution < -0.4 is 16.4 Å². The Kier molecular flexibility index (Phi) is 2.55. The van der Waals surface area contributed by atoms with Gasteiger partial charge in [-0.25, -0.2) is 4.98 Å². The van der Waals surface area contributed by atoms with Crippen molar-refractivity contribution in [3.05, 3.63) is 23.9 Å². The van der Waals surface area contributed by atoms with Crippen molar-refractivity contribution in [3.8, 4) is 0 Å². The molecule has 1 saturated heterocycles. The Morgan fingerprint density at radius 1 is 1.60 bits per heavy atom. The Balaban J connectivity index is 2.21. The molecule has 1 fully saturated rings. The largest absolute Gasteiger partial charge is 0.366 e. The van der Waals surface area contributed by atoms with Crippen LogP contribution in [-0.4, -0.2) is 30.0 Å². The van der Waals surface area contributed by atoms with Gasteiger partial charge in [0.2, 0.25) is 5.91 Å². The molecule has 0 bridgehead atoms. The third-order valence-electron chi connectivity index (χ3n) is 2.58. The number of nitrogens with two attached hydrogens (primary N) is 2. The highest BCUT2D eigenvalue weighted by Gasteiger charge is 2.20. The van der Waals surface area contributed by atoms with Crippen LogP contribution in [0.2, 0.25) is 0 Å². The minimum absolute atomic E-state index is 0.198. The van der Waals surface area contributed by atoms with Crippen LogP contribution in [0.1, 0.15) is 16.8 Å². The molecule has 1 amide bonds. The Bertz CT molecular complexity index is 379. The number of carbonyl (C=O) groups is 1. The highest BCUT2D eigenvalue weighted by Crippen LogP contribution is 2.17. The van der Waals surface area contributed by atoms with Crippen molar-refractivity contribution in [3.63, 3.8) is 0 Å². The summed E-state index contributed by atoms with van der Waals surface area (Å²) in [5.41, 5.74) is 11.5. The summed E-state index contributed by atoms with van der Waals surface area (Å²) in [4.78, 5) is 17.3. The van der Waals surface area contributed by atoms with Crippen LogP contribution in [0, 0.1) is 0 Å². The van der Waals surface area contributed by atoms with Crippen LogP contribution in [0.3, 0.4) is 0 Å². The molecule has 0 spiro atoms. The smallest absolute Gasteiger partial charge is 0.248 e. The maximum atomic E-state index is 11.0. The van der Waals surface area contributed by atoms with Gasteiger partial charge in [-0.15, -0.1) is 0 Å². The van der Waals surface area contributed by atoms with Crippen molar-refractivity contribution in [2.75, 3.05) is 18.0 Å². The Hall–Kier alpha value is -1.62. The van der Waals surface area contributed by atoms with Crippen LogP contribution in [-0.2, 0) is 0 Å². The topological polar surface area (TPSA) is 85.2 Å². The van der Waals surface area contributed by atoms with Crippen LogP contribution >= 0.6 is 0 Å². The summed E-state index contributed by atoms with van der Waals surface area (Å²) in [6.45, 7) is 1.67. The van der Waals surface area contributed by atoms with Crippen molar-refractivity contribution in [2.45, 2.75) is 12.5 Å². The molecule has 1 atom stereocenters. The predicted molar refractivity (Wildman–Crippen MR) is 57.6 cm³/mol. The second-order valence-electron chi connectivity index (χ2n) is 3.76. The average molecular weight is 206 g/mol. The fourth-order valence-corrected chi connectivity index (χ4v) is 1.74. The molecule has 1 aromatic rings. The summed E-state index contributed by atoms with van der Waals surface area (Å²) in [5, 5.41) is 0. The van der Waals surface area contributed by atoms with Crippen molar-refractivity contribution < 1.29 is 4.79 Å². The molecule has 15 heavy (non-hydrogen) atoms. The first-order valence-corrected chi connectivity index (χ1v) is 4.93. The van der Waals surface area contributed by atoms with E-state index >= 15 is 0 Å². The quantitative estimate of drug-likeness (QED) is 0.696. The average Bonchev–Trinajstić information content (AvgIpc) is 2.65. The summed E-state index contributed by atoms with van der Waals surface area (Å²) in [6.07, 6.45) is 2.56. The van der Waals surface area contributed by atoms with Crippen LogP contribution in [0.25, 0.3) is 0 Å². The number of primary amides is 1. The van der Waals surface area contributed by atoms with Gasteiger partial charge in [-0.2, -0.15) is 0 Å². The van der Waals surface area contributed by atoms with Gasteiger partial charge in [0, 0.05) is 30.9 Å². The van der Waals surface area contributed by atoms with Crippen LogP contribution in [0.15, 0.2) is 18.3 Å². The van der Waals surface area contributed by atoms with Gasteiger partial charge in [-0.05, 0) is 18.6 Å². The molecule has 1 aromatic heterocycles. The molecular weight excluding hydrogens is 192 g/mol. The van der Waals surface area contributed by atoms with E-state index in [1.165, 1.54) is 0 Å². The zero-order valence-corrected chi connectivity index (χ0v) is 8.39. The maximum Gasteiger partial charge on any atom is 0.248 e. The van der Waals surface area contributed by atoms with Gasteiger partial charge in [-0.1, -0.05) is 0 Å². The van der Waals surface area contributed by atoms with Gasteiger partial charge in [0.05, 0.1) is 0 Å². The number of nitrogens with zero attached hydrogens (tertiary/aromatic N) is 2. The molecule has 1 aliphatic rings. The summed E-state index contributed by atoms with van der Waals surface area (Å²) in [6, 6.07) is 3.52. The zero-order valence-electron chi connectivity index (χ0n) is 8.39. The molecule has 80 valence electrons. The van der Waals surface area contributed by atoms with E-state index in [0.717, 1.165) is 25.3 Å². The maximum absolute atomic E-state index is 11.0. The molecule has 2 heterocycles. The number of carbonyl (C=O) groups excluding carboxylic acids is 1. The first-order valence-electron chi connectivity index (χ1n) is 4.93. The Labute approximate surface area is 88.1 Å². The van der Waals surface area contributed by atoms with E-state index < -0.39 is 5.91 Å². The molecule has 0 saturated carbocycles. The van der Waals surface area contributed by atoms with Gasteiger partial charge in [0.1, 0.15) is 5.82 Å². The van der Waals surface area contributed by atoms with Crippen molar-refractivity contribution in [1.29, 1.82) is 0 Å². The van der Waals surface area contributed by atoms with Gasteiger partial charge >= 0.3 is 0 Å². The first-order chi connectivity index (χ1) is 7.16. The third kappa shape index (κ3) is 2.07. The van der Waals surface area contributed by atoms with Crippen LogP contribution in [0.4, 0.5) is 5.82 Å². The van der Waals surface area contributed by atoms with Crippen molar-refractivity contribution in [1.82, 2.24) is 4.98 Å². The van der Waals surface area contributed by atoms with Crippen molar-refractivity contribution >= 4 is 11.7 Å². The lowest BCUT2D eigenvalue weighted by Gasteiger charge is -2.16. The Morgan fingerprint density at radius 2 is 2.40 bits per heavy atom. The lowest BCUT2D eigenvalue weighted by molar-refractivity contribution is 0.1000. The van der Waals surface area contributed by atoms with Gasteiger partial charge in [0.25, 0.3) is 0 Å². The summed E-state index contributed by atoms with van der Waals surface area (Å²) < 4.78 is 0. The van der Waals surface area contributed by atoms with Gasteiger partial charge in [0.15, 0.2) is 0 Å². The first kappa shape index (κ1) is 9.92. The van der Waals surface area contributed by atoms with E-state index in [2.05, 4.69) is 9.88 Å². The molecule has 0 aliphatic carbocycles. The highest BCUT2D eigenvalue weighted by atomic mass is 16.1. The SMILES string of the molecule is NC(=O)c1ccnc(N2CCC(N)C2)c1. The molecule has 5 nitrogen and oxygen atoms in total. The second kappa shape index (κ2) is 3.86. The third-order valence-corrected chi connectivity index (χ3v) is 2.58. The second-order valence-corrected chi connectivity index (χ2v) is 3.76. The fourth-order valence-electron chi connectivity index (χ4n) is 1.74. The van der Waals surface area contributed by atoms with Gasteiger partial charge < -0.3 is 16.4 Å². The highest BCUT2D eigenvalue weighted by molar-refractivity contribution is 5.93. The minimum Gasteiger partial charge on any atom is -0.366 e. The molecule has 0 radical (unpaired) electrons. The number of aromatic nitrogens is 1.